The minimum absolute atomic E-state index is 0.112. The second-order valence-electron chi connectivity index (χ2n) is 3.25. The molecule has 0 amide bonds. The number of hydrogen-bond acceptors (Lipinski definition) is 1. The molecule has 0 fully saturated rings. The van der Waals surface area contributed by atoms with Gasteiger partial charge in [0.1, 0.15) is 0 Å². The molecule has 80 valence electrons. The molecule has 0 bridgehead atoms. The van der Waals surface area contributed by atoms with Crippen molar-refractivity contribution < 1.29 is 5.11 Å². The maximum Gasteiger partial charge on any atom is 0.0687 e. The summed E-state index contributed by atoms with van der Waals surface area (Å²) in [4.78, 5) is 0. The summed E-state index contributed by atoms with van der Waals surface area (Å²) in [5.41, 5.74) is 2.26. The standard InChI is InChI=1S/C12H12O.C2H6/c1-9-4-2-7-12-10(8-13)5-3-6-11(9)12;1-2/h2-7,13H,8H2,1H3;1-2H3. The average molecular weight is 202 g/mol. The van der Waals surface area contributed by atoms with Gasteiger partial charge in [0.2, 0.25) is 0 Å². The van der Waals surface area contributed by atoms with Crippen LogP contribution in [0.25, 0.3) is 10.8 Å². The Hall–Kier alpha value is -1.34. The van der Waals surface area contributed by atoms with Crippen LogP contribution in [0, 0.1) is 6.92 Å². The molecule has 1 heteroatoms. The SMILES string of the molecule is CC.Cc1cccc2c(CO)cccc12. The van der Waals surface area contributed by atoms with Crippen molar-refractivity contribution in [2.45, 2.75) is 27.4 Å². The van der Waals surface area contributed by atoms with E-state index in [1.807, 2.05) is 38.1 Å². The van der Waals surface area contributed by atoms with E-state index in [-0.39, 0.29) is 6.61 Å². The van der Waals surface area contributed by atoms with E-state index in [2.05, 4.69) is 19.1 Å². The Bertz CT molecular complexity index is 432. The maximum absolute atomic E-state index is 9.13. The van der Waals surface area contributed by atoms with E-state index in [1.54, 1.807) is 0 Å². The second-order valence-corrected chi connectivity index (χ2v) is 3.25. The lowest BCUT2D eigenvalue weighted by Crippen LogP contribution is -1.86. The Balaban J connectivity index is 0.000000531. The summed E-state index contributed by atoms with van der Waals surface area (Å²) in [7, 11) is 0. The molecule has 1 nitrogen and oxygen atoms in total. The van der Waals surface area contributed by atoms with E-state index in [1.165, 1.54) is 10.9 Å². The molecule has 2 rings (SSSR count). The molecule has 0 unspecified atom stereocenters. The van der Waals surface area contributed by atoms with E-state index >= 15 is 0 Å². The third kappa shape index (κ3) is 2.37. The third-order valence-corrected chi connectivity index (χ3v) is 2.40. The van der Waals surface area contributed by atoms with E-state index < -0.39 is 0 Å². The van der Waals surface area contributed by atoms with Gasteiger partial charge in [-0.15, -0.1) is 0 Å². The molecule has 0 aliphatic rings. The van der Waals surface area contributed by atoms with Crippen molar-refractivity contribution >= 4 is 10.8 Å². The first-order valence-corrected chi connectivity index (χ1v) is 5.41. The quantitative estimate of drug-likeness (QED) is 0.748. The summed E-state index contributed by atoms with van der Waals surface area (Å²) in [6.07, 6.45) is 0. The van der Waals surface area contributed by atoms with Crippen LogP contribution in [0.1, 0.15) is 25.0 Å². The lowest BCUT2D eigenvalue weighted by atomic mass is 10.0. The van der Waals surface area contributed by atoms with E-state index in [9.17, 15) is 0 Å². The Labute approximate surface area is 91.4 Å². The highest BCUT2D eigenvalue weighted by Crippen LogP contribution is 2.21. The highest BCUT2D eigenvalue weighted by atomic mass is 16.3. The summed E-state index contributed by atoms with van der Waals surface area (Å²) < 4.78 is 0. The smallest absolute Gasteiger partial charge is 0.0687 e. The van der Waals surface area contributed by atoms with Crippen LogP contribution in [-0.4, -0.2) is 5.11 Å². The molecule has 0 aromatic heterocycles. The minimum Gasteiger partial charge on any atom is -0.392 e. The van der Waals surface area contributed by atoms with Gasteiger partial charge in [0.25, 0.3) is 0 Å². The van der Waals surface area contributed by atoms with E-state index in [0.717, 1.165) is 10.9 Å². The van der Waals surface area contributed by atoms with Crippen LogP contribution in [0.15, 0.2) is 36.4 Å². The van der Waals surface area contributed by atoms with Crippen LogP contribution < -0.4 is 0 Å². The fourth-order valence-electron chi connectivity index (χ4n) is 1.67. The number of rotatable bonds is 1. The number of benzene rings is 2. The Morgan fingerprint density at radius 2 is 1.53 bits per heavy atom. The van der Waals surface area contributed by atoms with Gasteiger partial charge in [-0.1, -0.05) is 50.2 Å². The molecule has 0 heterocycles. The maximum atomic E-state index is 9.13. The third-order valence-electron chi connectivity index (χ3n) is 2.40. The molecule has 1 N–H and O–H groups in total. The van der Waals surface area contributed by atoms with Crippen LogP contribution in [-0.2, 0) is 6.61 Å². The van der Waals surface area contributed by atoms with Gasteiger partial charge in [0, 0.05) is 0 Å². The number of aliphatic hydroxyl groups excluding tert-OH is 1. The van der Waals surface area contributed by atoms with Gasteiger partial charge in [0.05, 0.1) is 6.61 Å². The first-order valence-electron chi connectivity index (χ1n) is 5.41. The highest BCUT2D eigenvalue weighted by Gasteiger charge is 2.00. The van der Waals surface area contributed by atoms with Gasteiger partial charge in [-0.25, -0.2) is 0 Å². The summed E-state index contributed by atoms with van der Waals surface area (Å²) in [5, 5.41) is 11.5. The van der Waals surface area contributed by atoms with Crippen LogP contribution in [0.3, 0.4) is 0 Å². The lowest BCUT2D eigenvalue weighted by Gasteiger charge is -2.05. The van der Waals surface area contributed by atoms with E-state index in [0.29, 0.717) is 0 Å². The van der Waals surface area contributed by atoms with Gasteiger partial charge < -0.3 is 5.11 Å². The molecule has 0 aliphatic heterocycles. The van der Waals surface area contributed by atoms with Crippen LogP contribution in [0.4, 0.5) is 0 Å². The van der Waals surface area contributed by atoms with E-state index in [4.69, 9.17) is 5.11 Å². The molecule has 0 saturated carbocycles. The van der Waals surface area contributed by atoms with Crippen molar-refractivity contribution in [1.29, 1.82) is 0 Å². The first-order chi connectivity index (χ1) is 7.33. The predicted molar refractivity (Wildman–Crippen MR) is 66.0 cm³/mol. The molecule has 0 aliphatic carbocycles. The topological polar surface area (TPSA) is 20.2 Å². The zero-order valence-electron chi connectivity index (χ0n) is 9.62. The normalized spacial score (nSPS) is 9.60. The van der Waals surface area contributed by atoms with Crippen molar-refractivity contribution in [1.82, 2.24) is 0 Å². The zero-order valence-corrected chi connectivity index (χ0v) is 9.62. The predicted octanol–water partition coefficient (Wildman–Crippen LogP) is 3.67. The largest absolute Gasteiger partial charge is 0.392 e. The number of aliphatic hydroxyl groups is 1. The second kappa shape index (κ2) is 5.52. The van der Waals surface area contributed by atoms with Crippen LogP contribution >= 0.6 is 0 Å². The Kier molecular flexibility index (Phi) is 4.32. The van der Waals surface area contributed by atoms with Crippen LogP contribution in [0.5, 0.6) is 0 Å². The summed E-state index contributed by atoms with van der Waals surface area (Å²) >= 11 is 0. The Morgan fingerprint density at radius 3 is 2.20 bits per heavy atom. The van der Waals surface area contributed by atoms with Crippen molar-refractivity contribution in [2.24, 2.45) is 0 Å². The zero-order chi connectivity index (χ0) is 11.3. The molecule has 2 aromatic rings. The first kappa shape index (κ1) is 11.7. The van der Waals surface area contributed by atoms with Gasteiger partial charge in [-0.05, 0) is 28.8 Å². The molecule has 0 atom stereocenters. The summed E-state index contributed by atoms with van der Waals surface area (Å²) in [5.74, 6) is 0. The van der Waals surface area contributed by atoms with Crippen molar-refractivity contribution in [3.63, 3.8) is 0 Å². The minimum atomic E-state index is 0.112. The van der Waals surface area contributed by atoms with Crippen molar-refractivity contribution in [3.05, 3.63) is 47.5 Å². The lowest BCUT2D eigenvalue weighted by molar-refractivity contribution is 0.283. The van der Waals surface area contributed by atoms with Crippen LogP contribution in [0.2, 0.25) is 0 Å². The van der Waals surface area contributed by atoms with Crippen molar-refractivity contribution in [2.75, 3.05) is 0 Å². The van der Waals surface area contributed by atoms with Gasteiger partial charge in [-0.2, -0.15) is 0 Å². The molecule has 0 spiro atoms. The molecule has 0 radical (unpaired) electrons. The number of aryl methyl sites for hydroxylation is 1. The fourth-order valence-corrected chi connectivity index (χ4v) is 1.67. The Morgan fingerprint density at radius 1 is 0.933 bits per heavy atom. The molecule has 0 saturated heterocycles. The molecular formula is C14H18O. The summed E-state index contributed by atoms with van der Waals surface area (Å²) in [6, 6.07) is 12.2. The number of fused-ring (bicyclic) bond motifs is 1. The fraction of sp³-hybridized carbons (Fsp3) is 0.286. The number of hydrogen-bond donors (Lipinski definition) is 1. The van der Waals surface area contributed by atoms with Crippen molar-refractivity contribution in [3.8, 4) is 0 Å². The molecule has 15 heavy (non-hydrogen) atoms. The molecule has 2 aromatic carbocycles. The van der Waals surface area contributed by atoms with Gasteiger partial charge >= 0.3 is 0 Å². The highest BCUT2D eigenvalue weighted by molar-refractivity contribution is 5.88. The average Bonchev–Trinajstić information content (AvgIpc) is 2.32. The molecular weight excluding hydrogens is 184 g/mol. The monoisotopic (exact) mass is 202 g/mol. The summed E-state index contributed by atoms with van der Waals surface area (Å²) in [6.45, 7) is 6.20. The van der Waals surface area contributed by atoms with Gasteiger partial charge in [0.15, 0.2) is 0 Å². The van der Waals surface area contributed by atoms with Gasteiger partial charge in [-0.3, -0.25) is 0 Å².